The van der Waals surface area contributed by atoms with E-state index in [0.29, 0.717) is 0 Å². The van der Waals surface area contributed by atoms with Gasteiger partial charge < -0.3 is 10.4 Å². The number of hydrogen-bond acceptors (Lipinski definition) is 3. The van der Waals surface area contributed by atoms with Gasteiger partial charge in [-0.25, -0.2) is 0 Å². The molecular weight excluding hydrogens is 258 g/mol. The molecule has 1 amide bonds. The second kappa shape index (κ2) is 6.06. The monoisotopic (exact) mass is 281 g/mol. The SMILES string of the molecule is CC1CCc2c(C(=O)NC(C)C(C)CO)csc2C1. The summed E-state index contributed by atoms with van der Waals surface area (Å²) in [6.45, 7) is 6.25. The zero-order valence-electron chi connectivity index (χ0n) is 11.9. The van der Waals surface area contributed by atoms with E-state index in [1.807, 2.05) is 19.2 Å². The van der Waals surface area contributed by atoms with Crippen molar-refractivity contribution in [2.45, 2.75) is 46.1 Å². The first kappa shape index (κ1) is 14.5. The van der Waals surface area contributed by atoms with Gasteiger partial charge in [0, 0.05) is 22.9 Å². The van der Waals surface area contributed by atoms with Gasteiger partial charge in [0.1, 0.15) is 0 Å². The number of thiophene rings is 1. The van der Waals surface area contributed by atoms with Gasteiger partial charge in [-0.1, -0.05) is 13.8 Å². The van der Waals surface area contributed by atoms with E-state index in [9.17, 15) is 4.79 Å². The second-order valence-electron chi connectivity index (χ2n) is 5.82. The first-order valence-electron chi connectivity index (χ1n) is 7.03. The Bertz CT molecular complexity index is 455. The van der Waals surface area contributed by atoms with Crippen molar-refractivity contribution in [3.8, 4) is 0 Å². The summed E-state index contributed by atoms with van der Waals surface area (Å²) in [5, 5.41) is 14.1. The number of carbonyl (C=O) groups is 1. The van der Waals surface area contributed by atoms with E-state index in [1.54, 1.807) is 11.3 Å². The van der Waals surface area contributed by atoms with Gasteiger partial charge in [0.05, 0.1) is 5.56 Å². The number of hydrogen-bond donors (Lipinski definition) is 2. The first-order valence-corrected chi connectivity index (χ1v) is 7.91. The normalized spacial score (nSPS) is 21.6. The Morgan fingerprint density at radius 1 is 1.58 bits per heavy atom. The fourth-order valence-corrected chi connectivity index (χ4v) is 3.70. The predicted octanol–water partition coefficient (Wildman–Crippen LogP) is 2.62. The van der Waals surface area contributed by atoms with Crippen LogP contribution in [0, 0.1) is 11.8 Å². The van der Waals surface area contributed by atoms with Crippen molar-refractivity contribution in [1.82, 2.24) is 5.32 Å². The Morgan fingerprint density at radius 2 is 2.32 bits per heavy atom. The molecule has 0 radical (unpaired) electrons. The van der Waals surface area contributed by atoms with Crippen LogP contribution >= 0.6 is 11.3 Å². The minimum Gasteiger partial charge on any atom is -0.396 e. The summed E-state index contributed by atoms with van der Waals surface area (Å²) in [6.07, 6.45) is 3.30. The van der Waals surface area contributed by atoms with Crippen molar-refractivity contribution < 1.29 is 9.90 Å². The van der Waals surface area contributed by atoms with Crippen LogP contribution in [0.15, 0.2) is 5.38 Å². The number of carbonyl (C=O) groups excluding carboxylic acids is 1. The molecule has 0 spiro atoms. The number of aliphatic hydroxyl groups is 1. The molecule has 2 rings (SSSR count). The third kappa shape index (κ3) is 3.18. The van der Waals surface area contributed by atoms with Crippen molar-refractivity contribution in [3.05, 3.63) is 21.4 Å². The van der Waals surface area contributed by atoms with Crippen LogP contribution in [0.3, 0.4) is 0 Å². The minimum atomic E-state index is -0.00411. The molecule has 0 saturated carbocycles. The summed E-state index contributed by atoms with van der Waals surface area (Å²) < 4.78 is 0. The van der Waals surface area contributed by atoms with Gasteiger partial charge in [-0.3, -0.25) is 4.79 Å². The molecule has 4 heteroatoms. The largest absolute Gasteiger partial charge is 0.396 e. The van der Waals surface area contributed by atoms with Crippen molar-refractivity contribution in [2.24, 2.45) is 11.8 Å². The summed E-state index contributed by atoms with van der Waals surface area (Å²) >= 11 is 1.72. The highest BCUT2D eigenvalue weighted by molar-refractivity contribution is 7.10. The average molecular weight is 281 g/mol. The Hall–Kier alpha value is -0.870. The molecule has 3 nitrogen and oxygen atoms in total. The lowest BCUT2D eigenvalue weighted by Gasteiger charge is -2.21. The van der Waals surface area contributed by atoms with Crippen LogP contribution in [-0.2, 0) is 12.8 Å². The standard InChI is InChI=1S/C15H23NO2S/c1-9-4-5-12-13(8-19-14(12)6-9)15(18)16-11(3)10(2)7-17/h8-11,17H,4-7H2,1-3H3,(H,16,18). The molecule has 0 fully saturated rings. The van der Waals surface area contributed by atoms with Crippen molar-refractivity contribution in [3.63, 3.8) is 0 Å². The Kier molecular flexibility index (Phi) is 4.63. The highest BCUT2D eigenvalue weighted by atomic mass is 32.1. The van der Waals surface area contributed by atoms with E-state index in [4.69, 9.17) is 5.11 Å². The van der Waals surface area contributed by atoms with Crippen LogP contribution in [0.1, 0.15) is 48.0 Å². The zero-order valence-corrected chi connectivity index (χ0v) is 12.7. The Balaban J connectivity index is 2.08. The molecular formula is C15H23NO2S. The van der Waals surface area contributed by atoms with Crippen LogP contribution < -0.4 is 5.32 Å². The smallest absolute Gasteiger partial charge is 0.252 e. The van der Waals surface area contributed by atoms with E-state index in [0.717, 1.165) is 24.3 Å². The molecule has 0 bridgehead atoms. The molecule has 3 unspecified atom stereocenters. The van der Waals surface area contributed by atoms with Crippen LogP contribution in [0.2, 0.25) is 0 Å². The summed E-state index contributed by atoms with van der Waals surface area (Å²) in [6, 6.07) is -0.00411. The number of nitrogens with one attached hydrogen (secondary N) is 1. The first-order chi connectivity index (χ1) is 9.02. The summed E-state index contributed by atoms with van der Waals surface area (Å²) in [5.41, 5.74) is 2.10. The summed E-state index contributed by atoms with van der Waals surface area (Å²) in [5.74, 6) is 0.827. The molecule has 0 saturated heterocycles. The van der Waals surface area contributed by atoms with Crippen LogP contribution in [0.4, 0.5) is 0 Å². The Morgan fingerprint density at radius 3 is 3.00 bits per heavy atom. The molecule has 1 aliphatic carbocycles. The fourth-order valence-electron chi connectivity index (χ4n) is 2.45. The number of aliphatic hydroxyl groups excluding tert-OH is 1. The van der Waals surface area contributed by atoms with Crippen molar-refractivity contribution in [1.29, 1.82) is 0 Å². The minimum absolute atomic E-state index is 0.00411. The maximum Gasteiger partial charge on any atom is 0.252 e. The quantitative estimate of drug-likeness (QED) is 0.891. The third-order valence-corrected chi connectivity index (χ3v) is 5.20. The van der Waals surface area contributed by atoms with Gasteiger partial charge in [-0.2, -0.15) is 0 Å². The molecule has 3 atom stereocenters. The van der Waals surface area contributed by atoms with Crippen LogP contribution in [0.5, 0.6) is 0 Å². The van der Waals surface area contributed by atoms with Gasteiger partial charge in [0.2, 0.25) is 0 Å². The second-order valence-corrected chi connectivity index (χ2v) is 6.79. The maximum atomic E-state index is 12.3. The number of amides is 1. The highest BCUT2D eigenvalue weighted by Gasteiger charge is 2.24. The molecule has 0 aliphatic heterocycles. The van der Waals surface area contributed by atoms with Crippen molar-refractivity contribution in [2.75, 3.05) is 6.61 Å². The average Bonchev–Trinajstić information content (AvgIpc) is 2.80. The molecule has 1 heterocycles. The molecule has 2 N–H and O–H groups in total. The topological polar surface area (TPSA) is 49.3 Å². The van der Waals surface area contributed by atoms with E-state index < -0.39 is 0 Å². The zero-order chi connectivity index (χ0) is 14.0. The predicted molar refractivity (Wildman–Crippen MR) is 78.7 cm³/mol. The molecule has 0 aromatic carbocycles. The molecule has 1 aromatic heterocycles. The van der Waals surface area contributed by atoms with E-state index >= 15 is 0 Å². The van der Waals surface area contributed by atoms with Gasteiger partial charge in [0.15, 0.2) is 0 Å². The lowest BCUT2D eigenvalue weighted by atomic mass is 9.88. The number of rotatable bonds is 4. The Labute approximate surface area is 119 Å². The van der Waals surface area contributed by atoms with Gasteiger partial charge in [0.25, 0.3) is 5.91 Å². The van der Waals surface area contributed by atoms with E-state index in [1.165, 1.54) is 16.9 Å². The van der Waals surface area contributed by atoms with Gasteiger partial charge in [-0.05, 0) is 43.6 Å². The van der Waals surface area contributed by atoms with Gasteiger partial charge in [-0.15, -0.1) is 11.3 Å². The van der Waals surface area contributed by atoms with Crippen LogP contribution in [0.25, 0.3) is 0 Å². The lowest BCUT2D eigenvalue weighted by molar-refractivity contribution is 0.0915. The van der Waals surface area contributed by atoms with E-state index in [-0.39, 0.29) is 24.5 Å². The highest BCUT2D eigenvalue weighted by Crippen LogP contribution is 2.32. The number of fused-ring (bicyclic) bond motifs is 1. The van der Waals surface area contributed by atoms with Crippen LogP contribution in [-0.4, -0.2) is 23.7 Å². The maximum absolute atomic E-state index is 12.3. The molecule has 1 aliphatic rings. The molecule has 1 aromatic rings. The summed E-state index contributed by atoms with van der Waals surface area (Å²) in [7, 11) is 0. The van der Waals surface area contributed by atoms with Crippen molar-refractivity contribution >= 4 is 17.2 Å². The molecule has 19 heavy (non-hydrogen) atoms. The van der Waals surface area contributed by atoms with E-state index in [2.05, 4.69) is 12.2 Å². The fraction of sp³-hybridized carbons (Fsp3) is 0.667. The summed E-state index contributed by atoms with van der Waals surface area (Å²) in [4.78, 5) is 13.7. The molecule has 106 valence electrons. The lowest BCUT2D eigenvalue weighted by Crippen LogP contribution is -2.38. The third-order valence-electron chi connectivity index (χ3n) is 4.15. The van der Waals surface area contributed by atoms with Gasteiger partial charge >= 0.3 is 0 Å².